The van der Waals surface area contributed by atoms with Crippen molar-refractivity contribution >= 4 is 0 Å². The number of nitrogens with zero attached hydrogens (tertiary/aromatic N) is 4. The van der Waals surface area contributed by atoms with Crippen LogP contribution in [-0.4, -0.2) is 19.7 Å². The van der Waals surface area contributed by atoms with Gasteiger partial charge in [0.2, 0.25) is 0 Å². The molecule has 2 aromatic rings. The Kier molecular flexibility index (Phi) is 3.79. The Morgan fingerprint density at radius 3 is 2.88 bits per heavy atom. The Labute approximate surface area is 99.9 Å². The predicted molar refractivity (Wildman–Crippen MR) is 63.6 cm³/mol. The predicted octanol–water partition coefficient (Wildman–Crippen LogP) is 0.347. The molecule has 0 spiro atoms. The van der Waals surface area contributed by atoms with Crippen molar-refractivity contribution in [3.8, 4) is 0 Å². The molecule has 1 atom stereocenters. The highest BCUT2D eigenvalue weighted by molar-refractivity contribution is 5.11. The molecule has 6 heteroatoms. The van der Waals surface area contributed by atoms with Crippen LogP contribution in [-0.2, 0) is 13.5 Å². The van der Waals surface area contributed by atoms with Crippen molar-refractivity contribution in [3.05, 3.63) is 42.2 Å². The Morgan fingerprint density at radius 2 is 2.29 bits per heavy atom. The normalized spacial score (nSPS) is 12.6. The second-order valence-corrected chi connectivity index (χ2v) is 3.89. The molecule has 0 radical (unpaired) electrons. The molecule has 2 rings (SSSR count). The first-order valence-electron chi connectivity index (χ1n) is 5.50. The van der Waals surface area contributed by atoms with Gasteiger partial charge in [-0.15, -0.1) is 0 Å². The third-order valence-electron chi connectivity index (χ3n) is 2.79. The number of aryl methyl sites for hydroxylation is 2. The van der Waals surface area contributed by atoms with Crippen LogP contribution in [0.3, 0.4) is 0 Å². The largest absolute Gasteiger partial charge is 0.338 e. The van der Waals surface area contributed by atoms with Crippen LogP contribution in [0.1, 0.15) is 23.9 Å². The lowest BCUT2D eigenvalue weighted by atomic mass is 10.1. The summed E-state index contributed by atoms with van der Waals surface area (Å²) in [5, 5.41) is 7.60. The summed E-state index contributed by atoms with van der Waals surface area (Å²) >= 11 is 0. The van der Waals surface area contributed by atoms with Crippen molar-refractivity contribution in [2.45, 2.75) is 18.9 Å². The lowest BCUT2D eigenvalue weighted by Crippen LogP contribution is -2.28. The summed E-state index contributed by atoms with van der Waals surface area (Å²) < 4.78 is 2.01. The summed E-state index contributed by atoms with van der Waals surface area (Å²) in [6.45, 7) is 0. The van der Waals surface area contributed by atoms with Gasteiger partial charge in [0.05, 0.1) is 6.20 Å². The number of aromatic nitrogens is 4. The number of nitrogens with one attached hydrogen (secondary N) is 1. The number of nitrogens with two attached hydrogens (primary N) is 1. The molecule has 0 aromatic carbocycles. The molecule has 17 heavy (non-hydrogen) atoms. The first-order chi connectivity index (χ1) is 8.31. The summed E-state index contributed by atoms with van der Waals surface area (Å²) in [6, 6.07) is 1.98. The maximum absolute atomic E-state index is 5.56. The van der Waals surface area contributed by atoms with E-state index in [0.717, 1.165) is 24.2 Å². The van der Waals surface area contributed by atoms with Gasteiger partial charge >= 0.3 is 0 Å². The van der Waals surface area contributed by atoms with Crippen LogP contribution in [0.2, 0.25) is 0 Å². The molecule has 3 N–H and O–H groups in total. The summed E-state index contributed by atoms with van der Waals surface area (Å²) in [4.78, 5) is 4.28. The molecule has 90 valence electrons. The van der Waals surface area contributed by atoms with Crippen LogP contribution in [0.4, 0.5) is 0 Å². The van der Waals surface area contributed by atoms with E-state index in [-0.39, 0.29) is 6.04 Å². The van der Waals surface area contributed by atoms with Crippen LogP contribution in [0.15, 0.2) is 30.9 Å². The van der Waals surface area contributed by atoms with Gasteiger partial charge in [0.1, 0.15) is 5.82 Å². The Bertz CT molecular complexity index is 452. The van der Waals surface area contributed by atoms with E-state index in [4.69, 9.17) is 5.84 Å². The zero-order valence-electron chi connectivity index (χ0n) is 9.74. The molecule has 0 aliphatic carbocycles. The summed E-state index contributed by atoms with van der Waals surface area (Å²) in [5.74, 6) is 6.61. The summed E-state index contributed by atoms with van der Waals surface area (Å²) in [5.41, 5.74) is 3.83. The highest BCUT2D eigenvalue weighted by atomic mass is 15.2. The molecule has 0 aliphatic heterocycles. The number of hydrogen-bond acceptors (Lipinski definition) is 5. The van der Waals surface area contributed by atoms with Crippen LogP contribution < -0.4 is 11.3 Å². The fourth-order valence-corrected chi connectivity index (χ4v) is 1.76. The van der Waals surface area contributed by atoms with Crippen molar-refractivity contribution in [1.29, 1.82) is 0 Å². The number of hydrazine groups is 1. The van der Waals surface area contributed by atoms with E-state index in [1.807, 2.05) is 23.9 Å². The van der Waals surface area contributed by atoms with E-state index in [1.54, 1.807) is 18.6 Å². The molecule has 0 fully saturated rings. The minimum Gasteiger partial charge on any atom is -0.338 e. The highest BCUT2D eigenvalue weighted by Gasteiger charge is 2.11. The third kappa shape index (κ3) is 2.86. The molecule has 2 heterocycles. The quantitative estimate of drug-likeness (QED) is 0.574. The maximum Gasteiger partial charge on any atom is 0.108 e. The SMILES string of the molecule is Cn1ccnc1CCC(NN)c1ccnnc1. The van der Waals surface area contributed by atoms with Gasteiger partial charge in [-0.05, 0) is 18.1 Å². The second kappa shape index (κ2) is 5.51. The van der Waals surface area contributed by atoms with Crippen molar-refractivity contribution in [2.24, 2.45) is 12.9 Å². The molecule has 2 aromatic heterocycles. The van der Waals surface area contributed by atoms with Gasteiger partial charge in [0, 0.05) is 38.1 Å². The summed E-state index contributed by atoms with van der Waals surface area (Å²) in [6.07, 6.45) is 8.86. The van der Waals surface area contributed by atoms with Crippen LogP contribution >= 0.6 is 0 Å². The van der Waals surface area contributed by atoms with E-state index in [1.165, 1.54) is 0 Å². The fraction of sp³-hybridized carbons (Fsp3) is 0.364. The van der Waals surface area contributed by atoms with Crippen molar-refractivity contribution in [1.82, 2.24) is 25.2 Å². The zero-order chi connectivity index (χ0) is 12.1. The molecule has 0 amide bonds. The monoisotopic (exact) mass is 232 g/mol. The first-order valence-corrected chi connectivity index (χ1v) is 5.50. The van der Waals surface area contributed by atoms with Gasteiger partial charge in [0.15, 0.2) is 0 Å². The van der Waals surface area contributed by atoms with Crippen molar-refractivity contribution < 1.29 is 0 Å². The average molecular weight is 232 g/mol. The number of rotatable bonds is 5. The average Bonchev–Trinajstić information content (AvgIpc) is 2.77. The molecular formula is C11H16N6. The fourth-order valence-electron chi connectivity index (χ4n) is 1.76. The van der Waals surface area contributed by atoms with Crippen LogP contribution in [0.5, 0.6) is 0 Å². The minimum absolute atomic E-state index is 0.0715. The Morgan fingerprint density at radius 1 is 1.41 bits per heavy atom. The van der Waals surface area contributed by atoms with Gasteiger partial charge in [-0.1, -0.05) is 0 Å². The van der Waals surface area contributed by atoms with Gasteiger partial charge in [0.25, 0.3) is 0 Å². The van der Waals surface area contributed by atoms with E-state index < -0.39 is 0 Å². The maximum atomic E-state index is 5.56. The molecule has 0 saturated carbocycles. The van der Waals surface area contributed by atoms with Gasteiger partial charge in [-0.25, -0.2) is 4.98 Å². The first kappa shape index (κ1) is 11.7. The number of hydrogen-bond donors (Lipinski definition) is 2. The minimum atomic E-state index is 0.0715. The Hall–Kier alpha value is -1.79. The molecule has 0 bridgehead atoms. The third-order valence-corrected chi connectivity index (χ3v) is 2.79. The van der Waals surface area contributed by atoms with Crippen LogP contribution in [0.25, 0.3) is 0 Å². The van der Waals surface area contributed by atoms with Crippen molar-refractivity contribution in [2.75, 3.05) is 0 Å². The van der Waals surface area contributed by atoms with Crippen LogP contribution in [0, 0.1) is 0 Å². The molecule has 0 saturated heterocycles. The smallest absolute Gasteiger partial charge is 0.108 e. The zero-order valence-corrected chi connectivity index (χ0v) is 9.74. The van der Waals surface area contributed by atoms with Crippen molar-refractivity contribution in [3.63, 3.8) is 0 Å². The van der Waals surface area contributed by atoms with Gasteiger partial charge in [-0.2, -0.15) is 10.2 Å². The van der Waals surface area contributed by atoms with E-state index in [9.17, 15) is 0 Å². The van der Waals surface area contributed by atoms with Gasteiger partial charge < -0.3 is 4.57 Å². The van der Waals surface area contributed by atoms with E-state index in [2.05, 4.69) is 20.6 Å². The molecule has 6 nitrogen and oxygen atoms in total. The number of imidazole rings is 1. The van der Waals surface area contributed by atoms with Gasteiger partial charge in [-0.3, -0.25) is 11.3 Å². The second-order valence-electron chi connectivity index (χ2n) is 3.89. The molecular weight excluding hydrogens is 216 g/mol. The lowest BCUT2D eigenvalue weighted by molar-refractivity contribution is 0.504. The Balaban J connectivity index is 1.99. The van der Waals surface area contributed by atoms with E-state index in [0.29, 0.717) is 0 Å². The lowest BCUT2D eigenvalue weighted by Gasteiger charge is -2.15. The molecule has 0 aliphatic rings. The standard InChI is InChI=1S/C11H16N6/c1-17-7-6-13-11(17)3-2-10(16-12)9-4-5-14-15-8-9/h4-8,10,16H,2-3,12H2,1H3. The topological polar surface area (TPSA) is 81.7 Å². The summed E-state index contributed by atoms with van der Waals surface area (Å²) in [7, 11) is 1.99. The highest BCUT2D eigenvalue weighted by Crippen LogP contribution is 2.16. The molecule has 1 unspecified atom stereocenters. The van der Waals surface area contributed by atoms with E-state index >= 15 is 0 Å².